The Labute approximate surface area is 174 Å². The van der Waals surface area contributed by atoms with Gasteiger partial charge in [-0.15, -0.1) is 0 Å². The molecule has 1 heterocycles. The molecular formula is C25H19N2O3-. The van der Waals surface area contributed by atoms with Crippen molar-refractivity contribution in [3.8, 4) is 11.3 Å². The molecule has 148 valence electrons. The molecule has 30 heavy (non-hydrogen) atoms. The molecule has 0 saturated heterocycles. The lowest BCUT2D eigenvalue weighted by Gasteiger charge is -2.13. The van der Waals surface area contributed by atoms with Crippen LogP contribution >= 0.6 is 0 Å². The van der Waals surface area contributed by atoms with Gasteiger partial charge in [0.15, 0.2) is 0 Å². The van der Waals surface area contributed by atoms with Crippen LogP contribution in [0.15, 0.2) is 72.8 Å². The number of hydrogen-bond donors (Lipinski definition) is 1. The molecule has 0 aliphatic rings. The van der Waals surface area contributed by atoms with Crippen molar-refractivity contribution in [2.24, 2.45) is 0 Å². The number of fused-ring (bicyclic) bond motifs is 1. The minimum Gasteiger partial charge on any atom is -0.545 e. The van der Waals surface area contributed by atoms with E-state index in [0.717, 1.165) is 22.1 Å². The molecule has 3 aromatic carbocycles. The first-order valence-electron chi connectivity index (χ1n) is 9.52. The maximum Gasteiger partial charge on any atom is 0.256 e. The highest BCUT2D eigenvalue weighted by Gasteiger charge is 2.15. The first-order chi connectivity index (χ1) is 14.4. The zero-order chi connectivity index (χ0) is 21.3. The SMILES string of the molecule is Cc1ccc(C)c(-c2cc(C(=O)Nc3cccc(C(=O)[O-])c3)c3ccccc3n2)c1. The number of anilines is 1. The number of para-hydroxylation sites is 1. The normalized spacial score (nSPS) is 10.7. The first-order valence-corrected chi connectivity index (χ1v) is 9.52. The number of nitrogens with zero attached hydrogens (tertiary/aromatic N) is 1. The van der Waals surface area contributed by atoms with Crippen molar-refractivity contribution >= 4 is 28.5 Å². The van der Waals surface area contributed by atoms with Crippen molar-refractivity contribution in [3.63, 3.8) is 0 Å². The zero-order valence-electron chi connectivity index (χ0n) is 16.6. The van der Waals surface area contributed by atoms with E-state index in [-0.39, 0.29) is 11.5 Å². The molecule has 0 bridgehead atoms. The highest BCUT2D eigenvalue weighted by molar-refractivity contribution is 6.13. The van der Waals surface area contributed by atoms with Gasteiger partial charge in [0, 0.05) is 16.6 Å². The van der Waals surface area contributed by atoms with Crippen molar-refractivity contribution in [3.05, 3.63) is 95.1 Å². The lowest BCUT2D eigenvalue weighted by Crippen LogP contribution is -2.22. The molecule has 0 saturated carbocycles. The minimum atomic E-state index is -1.29. The van der Waals surface area contributed by atoms with Gasteiger partial charge >= 0.3 is 0 Å². The van der Waals surface area contributed by atoms with Gasteiger partial charge in [0.2, 0.25) is 0 Å². The molecule has 1 amide bonds. The van der Waals surface area contributed by atoms with Crippen molar-refractivity contribution in [1.82, 2.24) is 4.98 Å². The zero-order valence-corrected chi connectivity index (χ0v) is 16.6. The number of carbonyl (C=O) groups excluding carboxylic acids is 2. The molecule has 0 aliphatic heterocycles. The van der Waals surface area contributed by atoms with E-state index < -0.39 is 5.97 Å². The monoisotopic (exact) mass is 395 g/mol. The fourth-order valence-corrected chi connectivity index (χ4v) is 3.44. The second-order valence-corrected chi connectivity index (χ2v) is 7.21. The van der Waals surface area contributed by atoms with Crippen LogP contribution < -0.4 is 10.4 Å². The van der Waals surface area contributed by atoms with Crippen LogP contribution in [0.5, 0.6) is 0 Å². The molecule has 5 heteroatoms. The average molecular weight is 395 g/mol. The number of hydrogen-bond acceptors (Lipinski definition) is 4. The van der Waals surface area contributed by atoms with Crippen molar-refractivity contribution in [1.29, 1.82) is 0 Å². The molecule has 4 rings (SSSR count). The lowest BCUT2D eigenvalue weighted by atomic mass is 9.99. The summed E-state index contributed by atoms with van der Waals surface area (Å²) in [6.45, 7) is 4.03. The molecule has 0 atom stereocenters. The Kier molecular flexibility index (Phi) is 5.02. The fraction of sp³-hybridized carbons (Fsp3) is 0.0800. The summed E-state index contributed by atoms with van der Waals surface area (Å²) in [6.07, 6.45) is 0. The van der Waals surface area contributed by atoms with Crippen molar-refractivity contribution < 1.29 is 14.7 Å². The maximum absolute atomic E-state index is 13.1. The average Bonchev–Trinajstić information content (AvgIpc) is 2.74. The van der Waals surface area contributed by atoms with Crippen LogP contribution in [0.3, 0.4) is 0 Å². The van der Waals surface area contributed by atoms with Crippen LogP contribution in [0.1, 0.15) is 31.8 Å². The number of carboxylic acids is 1. The minimum absolute atomic E-state index is 0.00320. The number of carbonyl (C=O) groups is 2. The maximum atomic E-state index is 13.1. The van der Waals surface area contributed by atoms with Crippen LogP contribution in [0, 0.1) is 13.8 Å². The van der Waals surface area contributed by atoms with Gasteiger partial charge in [0.1, 0.15) is 0 Å². The van der Waals surface area contributed by atoms with E-state index in [4.69, 9.17) is 4.98 Å². The molecule has 0 unspecified atom stereocenters. The molecule has 0 aliphatic carbocycles. The van der Waals surface area contributed by atoms with Crippen LogP contribution in [-0.2, 0) is 0 Å². The van der Waals surface area contributed by atoms with E-state index >= 15 is 0 Å². The van der Waals surface area contributed by atoms with Gasteiger partial charge in [-0.3, -0.25) is 4.79 Å². The third-order valence-electron chi connectivity index (χ3n) is 4.99. The van der Waals surface area contributed by atoms with E-state index in [2.05, 4.69) is 11.4 Å². The molecule has 4 aromatic rings. The number of benzene rings is 3. The van der Waals surface area contributed by atoms with Crippen LogP contribution in [0.4, 0.5) is 5.69 Å². The van der Waals surface area contributed by atoms with Crippen molar-refractivity contribution in [2.75, 3.05) is 5.32 Å². The van der Waals surface area contributed by atoms with Crippen LogP contribution in [0.2, 0.25) is 0 Å². The second-order valence-electron chi connectivity index (χ2n) is 7.21. The van der Waals surface area contributed by atoms with Gasteiger partial charge in [-0.1, -0.05) is 48.0 Å². The highest BCUT2D eigenvalue weighted by atomic mass is 16.4. The van der Waals surface area contributed by atoms with E-state index in [1.807, 2.05) is 50.2 Å². The molecule has 0 radical (unpaired) electrons. The summed E-state index contributed by atoms with van der Waals surface area (Å²) in [5.41, 5.74) is 5.42. The largest absolute Gasteiger partial charge is 0.545 e. The van der Waals surface area contributed by atoms with Gasteiger partial charge in [-0.05, 0) is 55.3 Å². The summed E-state index contributed by atoms with van der Waals surface area (Å²) in [5, 5.41) is 14.6. The highest BCUT2D eigenvalue weighted by Crippen LogP contribution is 2.28. The third-order valence-corrected chi connectivity index (χ3v) is 4.99. The molecule has 0 spiro atoms. The second kappa shape index (κ2) is 7.79. The standard InChI is InChI=1S/C25H20N2O3/c1-15-10-11-16(2)20(12-15)23-14-21(19-8-3-4-9-22(19)27-23)24(28)26-18-7-5-6-17(13-18)25(29)30/h3-14H,1-2H3,(H,26,28)(H,29,30)/p-1. The summed E-state index contributed by atoms with van der Waals surface area (Å²) in [6, 6.07) is 21.4. The number of carboxylic acid groups (broad SMARTS) is 1. The topological polar surface area (TPSA) is 82.1 Å². The number of aryl methyl sites for hydroxylation is 2. The molecular weight excluding hydrogens is 376 g/mol. The van der Waals surface area contributed by atoms with Gasteiger partial charge in [0.25, 0.3) is 5.91 Å². The Bertz CT molecular complexity index is 1290. The van der Waals surface area contributed by atoms with Gasteiger partial charge in [-0.25, -0.2) is 4.98 Å². The van der Waals surface area contributed by atoms with Crippen LogP contribution in [-0.4, -0.2) is 16.9 Å². The third kappa shape index (κ3) is 3.78. The Balaban J connectivity index is 1.81. The Morgan fingerprint density at radius 2 is 1.70 bits per heavy atom. The summed E-state index contributed by atoms with van der Waals surface area (Å²) in [5.74, 6) is -1.63. The number of aromatic nitrogens is 1. The quantitative estimate of drug-likeness (QED) is 0.563. The number of nitrogens with one attached hydrogen (secondary N) is 1. The van der Waals surface area contributed by atoms with E-state index in [9.17, 15) is 14.7 Å². The Hall–Kier alpha value is -3.99. The Morgan fingerprint density at radius 3 is 2.50 bits per heavy atom. The predicted octanol–water partition coefficient (Wildman–Crippen LogP) is 4.13. The summed E-state index contributed by atoms with van der Waals surface area (Å²) < 4.78 is 0. The molecule has 5 nitrogen and oxygen atoms in total. The number of aromatic carboxylic acids is 1. The van der Waals surface area contributed by atoms with Gasteiger partial charge < -0.3 is 15.2 Å². The van der Waals surface area contributed by atoms with Crippen molar-refractivity contribution in [2.45, 2.75) is 13.8 Å². The molecule has 1 N–H and O–H groups in total. The summed E-state index contributed by atoms with van der Waals surface area (Å²) in [4.78, 5) is 29.0. The lowest BCUT2D eigenvalue weighted by molar-refractivity contribution is -0.255. The smallest absolute Gasteiger partial charge is 0.256 e. The number of pyridine rings is 1. The number of rotatable bonds is 4. The summed E-state index contributed by atoms with van der Waals surface area (Å²) in [7, 11) is 0. The van der Waals surface area contributed by atoms with E-state index in [0.29, 0.717) is 22.5 Å². The summed E-state index contributed by atoms with van der Waals surface area (Å²) >= 11 is 0. The van der Waals surface area contributed by atoms with Crippen LogP contribution in [0.25, 0.3) is 22.2 Å². The predicted molar refractivity (Wildman–Crippen MR) is 115 cm³/mol. The first kappa shape index (κ1) is 19.3. The molecule has 0 fully saturated rings. The fourth-order valence-electron chi connectivity index (χ4n) is 3.44. The molecule has 1 aromatic heterocycles. The van der Waals surface area contributed by atoms with E-state index in [1.165, 1.54) is 12.1 Å². The van der Waals surface area contributed by atoms with Gasteiger partial charge in [0.05, 0.1) is 22.7 Å². The van der Waals surface area contributed by atoms with Gasteiger partial charge in [-0.2, -0.15) is 0 Å². The Morgan fingerprint density at radius 1 is 0.900 bits per heavy atom. The number of amides is 1. The van der Waals surface area contributed by atoms with E-state index in [1.54, 1.807) is 18.2 Å².